The van der Waals surface area contributed by atoms with Gasteiger partial charge in [-0.25, -0.2) is 0 Å². The first-order chi connectivity index (χ1) is 8.06. The summed E-state index contributed by atoms with van der Waals surface area (Å²) in [6.07, 6.45) is 1.72. The van der Waals surface area contributed by atoms with Crippen molar-refractivity contribution in [1.29, 1.82) is 0 Å². The Morgan fingerprint density at radius 2 is 2.12 bits per heavy atom. The minimum Gasteiger partial charge on any atom is -0.436 e. The molecule has 0 saturated carbocycles. The molecule has 0 saturated heterocycles. The third-order valence-corrected chi connectivity index (χ3v) is 2.56. The molecule has 1 heterocycles. The zero-order valence-electron chi connectivity index (χ0n) is 10.3. The standard InChI is InChI=1S/C13H17N3O/c1-9(2)10-5-4-6-11(7-10)17-13-12(14)8-16(3)15-13/h4-9H,14H2,1-3H3. The van der Waals surface area contributed by atoms with Crippen molar-refractivity contribution in [3.05, 3.63) is 36.0 Å². The van der Waals surface area contributed by atoms with Gasteiger partial charge in [0.15, 0.2) is 0 Å². The largest absolute Gasteiger partial charge is 0.436 e. The highest BCUT2D eigenvalue weighted by Crippen LogP contribution is 2.27. The van der Waals surface area contributed by atoms with Gasteiger partial charge in [-0.05, 0) is 23.6 Å². The topological polar surface area (TPSA) is 53.1 Å². The van der Waals surface area contributed by atoms with Crippen molar-refractivity contribution >= 4 is 5.69 Å². The van der Waals surface area contributed by atoms with Crippen LogP contribution in [0.25, 0.3) is 0 Å². The van der Waals surface area contributed by atoms with Crippen LogP contribution in [-0.4, -0.2) is 9.78 Å². The molecule has 0 aliphatic heterocycles. The van der Waals surface area contributed by atoms with Crippen LogP contribution in [0.5, 0.6) is 11.6 Å². The number of nitrogens with zero attached hydrogens (tertiary/aromatic N) is 2. The average molecular weight is 231 g/mol. The number of aromatic nitrogens is 2. The van der Waals surface area contributed by atoms with E-state index in [-0.39, 0.29) is 0 Å². The second-order valence-corrected chi connectivity index (χ2v) is 4.39. The van der Waals surface area contributed by atoms with E-state index in [4.69, 9.17) is 10.5 Å². The molecule has 0 fully saturated rings. The first-order valence-corrected chi connectivity index (χ1v) is 5.63. The lowest BCUT2D eigenvalue weighted by Gasteiger charge is -2.08. The fourth-order valence-corrected chi connectivity index (χ4v) is 1.61. The van der Waals surface area contributed by atoms with Crippen molar-refractivity contribution < 1.29 is 4.74 Å². The number of hydrogen-bond acceptors (Lipinski definition) is 3. The second-order valence-electron chi connectivity index (χ2n) is 4.39. The maximum absolute atomic E-state index is 5.78. The van der Waals surface area contributed by atoms with Crippen LogP contribution < -0.4 is 10.5 Å². The zero-order chi connectivity index (χ0) is 12.4. The van der Waals surface area contributed by atoms with E-state index in [0.717, 1.165) is 5.75 Å². The van der Waals surface area contributed by atoms with Gasteiger partial charge in [0.25, 0.3) is 5.88 Å². The first-order valence-electron chi connectivity index (χ1n) is 5.63. The van der Waals surface area contributed by atoms with E-state index in [9.17, 15) is 0 Å². The molecule has 0 radical (unpaired) electrons. The maximum atomic E-state index is 5.78. The minimum absolute atomic E-state index is 0.452. The lowest BCUT2D eigenvalue weighted by Crippen LogP contribution is -1.93. The van der Waals surface area contributed by atoms with Crippen LogP contribution in [-0.2, 0) is 7.05 Å². The molecule has 1 aromatic carbocycles. The molecule has 0 aliphatic rings. The van der Waals surface area contributed by atoms with Crippen LogP contribution in [0.1, 0.15) is 25.3 Å². The predicted molar refractivity (Wildman–Crippen MR) is 68.2 cm³/mol. The zero-order valence-corrected chi connectivity index (χ0v) is 10.3. The van der Waals surface area contributed by atoms with Crippen LogP contribution in [0.4, 0.5) is 5.69 Å². The van der Waals surface area contributed by atoms with Crippen molar-refractivity contribution in [2.45, 2.75) is 19.8 Å². The summed E-state index contributed by atoms with van der Waals surface area (Å²) in [4.78, 5) is 0. The molecular formula is C13H17N3O. The Hall–Kier alpha value is -1.97. The highest BCUT2D eigenvalue weighted by molar-refractivity contribution is 5.48. The van der Waals surface area contributed by atoms with E-state index >= 15 is 0 Å². The maximum Gasteiger partial charge on any atom is 0.261 e. The Kier molecular flexibility index (Phi) is 3.04. The summed E-state index contributed by atoms with van der Waals surface area (Å²) >= 11 is 0. The molecule has 4 heteroatoms. The van der Waals surface area contributed by atoms with Gasteiger partial charge in [0.2, 0.25) is 0 Å². The highest BCUT2D eigenvalue weighted by Gasteiger charge is 2.07. The molecule has 0 aliphatic carbocycles. The van der Waals surface area contributed by atoms with Crippen molar-refractivity contribution in [2.75, 3.05) is 5.73 Å². The number of benzene rings is 1. The summed E-state index contributed by atoms with van der Waals surface area (Å²) in [6, 6.07) is 7.97. The molecule has 90 valence electrons. The average Bonchev–Trinajstić information content (AvgIpc) is 2.58. The Bertz CT molecular complexity index is 517. The Balaban J connectivity index is 2.24. The summed E-state index contributed by atoms with van der Waals surface area (Å²) in [7, 11) is 1.81. The minimum atomic E-state index is 0.452. The van der Waals surface area contributed by atoms with E-state index in [1.807, 2.05) is 25.2 Å². The number of aryl methyl sites for hydroxylation is 1. The smallest absolute Gasteiger partial charge is 0.261 e. The number of hydrogen-bond donors (Lipinski definition) is 1. The molecular weight excluding hydrogens is 214 g/mol. The van der Waals surface area contributed by atoms with Crippen LogP contribution in [0, 0.1) is 0 Å². The van der Waals surface area contributed by atoms with Crippen LogP contribution >= 0.6 is 0 Å². The predicted octanol–water partition coefficient (Wildman–Crippen LogP) is 2.92. The molecule has 2 rings (SSSR count). The SMILES string of the molecule is CC(C)c1cccc(Oc2nn(C)cc2N)c1. The van der Waals surface area contributed by atoms with Gasteiger partial charge in [0.05, 0.1) is 6.20 Å². The Labute approximate surface area is 101 Å². The van der Waals surface area contributed by atoms with E-state index in [1.165, 1.54) is 5.56 Å². The van der Waals surface area contributed by atoms with Crippen molar-refractivity contribution in [3.8, 4) is 11.6 Å². The normalized spacial score (nSPS) is 10.8. The van der Waals surface area contributed by atoms with Gasteiger partial charge in [-0.2, -0.15) is 0 Å². The van der Waals surface area contributed by atoms with Gasteiger partial charge < -0.3 is 10.5 Å². The molecule has 0 unspecified atom stereocenters. The summed E-state index contributed by atoms with van der Waals surface area (Å²) < 4.78 is 7.30. The lowest BCUT2D eigenvalue weighted by atomic mass is 10.0. The van der Waals surface area contributed by atoms with Gasteiger partial charge in [-0.1, -0.05) is 26.0 Å². The number of nitrogen functional groups attached to an aromatic ring is 1. The number of ether oxygens (including phenoxy) is 1. The Morgan fingerprint density at radius 1 is 1.35 bits per heavy atom. The third-order valence-electron chi connectivity index (χ3n) is 2.56. The first kappa shape index (κ1) is 11.5. The highest BCUT2D eigenvalue weighted by atomic mass is 16.5. The number of anilines is 1. The molecule has 1 aromatic heterocycles. The molecule has 2 N–H and O–H groups in total. The van der Waals surface area contributed by atoms with Crippen LogP contribution in [0.2, 0.25) is 0 Å². The molecule has 0 atom stereocenters. The van der Waals surface area contributed by atoms with Crippen LogP contribution in [0.15, 0.2) is 30.5 Å². The molecule has 0 amide bonds. The fourth-order valence-electron chi connectivity index (χ4n) is 1.61. The summed E-state index contributed by atoms with van der Waals surface area (Å²) in [5.41, 5.74) is 7.56. The molecule has 2 aromatic rings. The van der Waals surface area contributed by atoms with E-state index in [1.54, 1.807) is 10.9 Å². The quantitative estimate of drug-likeness (QED) is 0.883. The van der Waals surface area contributed by atoms with Crippen molar-refractivity contribution in [1.82, 2.24) is 9.78 Å². The van der Waals surface area contributed by atoms with Gasteiger partial charge in [0, 0.05) is 7.05 Å². The molecule has 17 heavy (non-hydrogen) atoms. The molecule has 0 spiro atoms. The molecule has 0 bridgehead atoms. The number of nitrogens with two attached hydrogens (primary N) is 1. The van der Waals surface area contributed by atoms with Crippen molar-refractivity contribution in [2.24, 2.45) is 7.05 Å². The summed E-state index contributed by atoms with van der Waals surface area (Å²) in [5, 5.41) is 4.15. The van der Waals surface area contributed by atoms with Crippen LogP contribution in [0.3, 0.4) is 0 Å². The van der Waals surface area contributed by atoms with E-state index in [2.05, 4.69) is 25.0 Å². The summed E-state index contributed by atoms with van der Waals surface area (Å²) in [6.45, 7) is 4.29. The lowest BCUT2D eigenvalue weighted by molar-refractivity contribution is 0.455. The van der Waals surface area contributed by atoms with Gasteiger partial charge >= 0.3 is 0 Å². The fraction of sp³-hybridized carbons (Fsp3) is 0.308. The van der Waals surface area contributed by atoms with Crippen molar-refractivity contribution in [3.63, 3.8) is 0 Å². The second kappa shape index (κ2) is 4.49. The number of rotatable bonds is 3. The summed E-state index contributed by atoms with van der Waals surface area (Å²) in [5.74, 6) is 1.69. The Morgan fingerprint density at radius 3 is 2.71 bits per heavy atom. The van der Waals surface area contributed by atoms with Gasteiger partial charge in [-0.15, -0.1) is 5.10 Å². The van der Waals surface area contributed by atoms with E-state index < -0.39 is 0 Å². The van der Waals surface area contributed by atoms with Gasteiger partial charge in [0.1, 0.15) is 11.4 Å². The van der Waals surface area contributed by atoms with E-state index in [0.29, 0.717) is 17.5 Å². The van der Waals surface area contributed by atoms with Gasteiger partial charge in [-0.3, -0.25) is 4.68 Å². The monoisotopic (exact) mass is 231 g/mol. The molecule has 4 nitrogen and oxygen atoms in total. The third kappa shape index (κ3) is 2.58.